The fraction of sp³-hybridized carbons (Fsp3) is 0.667. The molecule has 0 bridgehead atoms. The minimum Gasteiger partial charge on any atom is -0.457 e. The van der Waals surface area contributed by atoms with Gasteiger partial charge < -0.3 is 19.7 Å². The number of benzene rings is 1. The normalized spacial score (nSPS) is 36.3. The van der Waals surface area contributed by atoms with E-state index in [-0.39, 0.29) is 24.2 Å². The maximum Gasteiger partial charge on any atom is 0.309 e. The highest BCUT2D eigenvalue weighted by atomic mass is 35.5. The standard InChI is InChI=1S/C27H36ClNO6S/c1-14-7-6-10-27(28)22(35-27)12-19(17-8-9-20-18(11-17)29-16(3)36-20)34-23(31)13-21(30)26(4,5)25(33)15(2)24(14)32/h8-9,11,14-15,19,21-22,24,30,32H,6-7,10,12-13H2,1-5H3/t14-,15+,19-,21-,22-,24-,27+/m0/s1. The molecular formula is C27H36ClNO6S. The van der Waals surface area contributed by atoms with Crippen molar-refractivity contribution in [1.82, 2.24) is 4.98 Å². The molecule has 0 spiro atoms. The Morgan fingerprint density at radius 2 is 1.92 bits per heavy atom. The van der Waals surface area contributed by atoms with E-state index in [4.69, 9.17) is 21.1 Å². The number of aromatic nitrogens is 1. The average Bonchev–Trinajstić information content (AvgIpc) is 3.28. The Labute approximate surface area is 221 Å². The number of carbonyl (C=O) groups excluding carboxylic acids is 2. The summed E-state index contributed by atoms with van der Waals surface area (Å²) in [5.74, 6) is -1.72. The molecule has 2 aromatic rings. The van der Waals surface area contributed by atoms with Crippen LogP contribution in [-0.2, 0) is 19.1 Å². The van der Waals surface area contributed by atoms with Crippen LogP contribution in [0.3, 0.4) is 0 Å². The summed E-state index contributed by atoms with van der Waals surface area (Å²) in [4.78, 5) is 30.8. The molecule has 2 saturated heterocycles. The third-order valence-corrected chi connectivity index (χ3v) is 9.34. The summed E-state index contributed by atoms with van der Waals surface area (Å²) in [6.45, 7) is 8.76. The van der Waals surface area contributed by atoms with Crippen LogP contribution in [0.5, 0.6) is 0 Å². The molecule has 0 saturated carbocycles. The number of aryl methyl sites for hydroxylation is 1. The van der Waals surface area contributed by atoms with Gasteiger partial charge in [0, 0.05) is 12.3 Å². The number of alkyl halides is 1. The SMILES string of the molecule is Cc1nc2cc([C@@H]3C[C@@H]4O[C@]4(Cl)CCC[C@H](C)[C@H](O)[C@@H](C)C(=O)C(C)(C)[C@@H](O)CC(=O)O3)ccc2s1. The number of cyclic esters (lactones) is 1. The Balaban J connectivity index is 1.61. The monoisotopic (exact) mass is 537 g/mol. The van der Waals surface area contributed by atoms with E-state index in [2.05, 4.69) is 4.98 Å². The quantitative estimate of drug-likeness (QED) is 0.296. The number of rotatable bonds is 1. The maximum atomic E-state index is 13.2. The van der Waals surface area contributed by atoms with E-state index >= 15 is 0 Å². The van der Waals surface area contributed by atoms with Crippen LogP contribution >= 0.6 is 22.9 Å². The molecule has 7 nitrogen and oxygen atoms in total. The Morgan fingerprint density at radius 3 is 2.64 bits per heavy atom. The number of epoxide rings is 1. The van der Waals surface area contributed by atoms with Crippen molar-refractivity contribution in [3.05, 3.63) is 28.8 Å². The summed E-state index contributed by atoms with van der Waals surface area (Å²) < 4.78 is 12.8. The molecule has 2 aliphatic heterocycles. The number of ketones is 1. The van der Waals surface area contributed by atoms with E-state index in [9.17, 15) is 19.8 Å². The number of aliphatic hydroxyl groups excluding tert-OH is 2. The summed E-state index contributed by atoms with van der Waals surface area (Å²) >= 11 is 8.32. The van der Waals surface area contributed by atoms with Gasteiger partial charge in [-0.1, -0.05) is 45.4 Å². The highest BCUT2D eigenvalue weighted by Crippen LogP contribution is 2.50. The van der Waals surface area contributed by atoms with Gasteiger partial charge in [0.05, 0.1) is 39.3 Å². The largest absolute Gasteiger partial charge is 0.457 e. The van der Waals surface area contributed by atoms with Crippen molar-refractivity contribution in [3.63, 3.8) is 0 Å². The van der Waals surface area contributed by atoms with Crippen molar-refractivity contribution in [2.24, 2.45) is 17.3 Å². The van der Waals surface area contributed by atoms with Crippen LogP contribution in [-0.4, -0.2) is 50.3 Å². The van der Waals surface area contributed by atoms with Crippen LogP contribution in [0.1, 0.15) is 76.5 Å². The molecule has 1 aromatic carbocycles. The second-order valence-corrected chi connectivity index (χ2v) is 12.9. The van der Waals surface area contributed by atoms with Gasteiger partial charge in [-0.05, 0) is 49.8 Å². The third kappa shape index (κ3) is 5.63. The Morgan fingerprint density at radius 1 is 1.19 bits per heavy atom. The van der Waals surface area contributed by atoms with Gasteiger partial charge in [-0.2, -0.15) is 0 Å². The van der Waals surface area contributed by atoms with Crippen molar-refractivity contribution in [1.29, 1.82) is 0 Å². The van der Waals surface area contributed by atoms with Crippen LogP contribution in [0, 0.1) is 24.2 Å². The topological polar surface area (TPSA) is 109 Å². The zero-order valence-electron chi connectivity index (χ0n) is 21.5. The van der Waals surface area contributed by atoms with Crippen LogP contribution in [0.4, 0.5) is 0 Å². The lowest BCUT2D eigenvalue weighted by atomic mass is 9.73. The first-order valence-corrected chi connectivity index (χ1v) is 13.8. The smallest absolute Gasteiger partial charge is 0.309 e. The Kier molecular flexibility index (Phi) is 7.85. The number of hydrogen-bond acceptors (Lipinski definition) is 8. The van der Waals surface area contributed by atoms with Gasteiger partial charge in [-0.3, -0.25) is 9.59 Å². The Bertz CT molecular complexity index is 1130. The molecule has 2 N–H and O–H groups in total. The first kappa shape index (κ1) is 27.5. The second kappa shape index (κ2) is 10.3. The van der Waals surface area contributed by atoms with Gasteiger partial charge in [-0.15, -0.1) is 11.3 Å². The molecule has 2 aliphatic rings. The highest BCUT2D eigenvalue weighted by Gasteiger charge is 2.55. The predicted molar refractivity (Wildman–Crippen MR) is 139 cm³/mol. The van der Waals surface area contributed by atoms with E-state index < -0.39 is 40.7 Å². The molecule has 3 heterocycles. The molecule has 36 heavy (non-hydrogen) atoms. The first-order chi connectivity index (χ1) is 16.8. The predicted octanol–water partition coefficient (Wildman–Crippen LogP) is 5.08. The van der Waals surface area contributed by atoms with E-state index in [1.54, 1.807) is 32.1 Å². The highest BCUT2D eigenvalue weighted by molar-refractivity contribution is 7.18. The van der Waals surface area contributed by atoms with Gasteiger partial charge in [-0.25, -0.2) is 4.98 Å². The number of nitrogens with zero attached hydrogens (tertiary/aromatic N) is 1. The number of thiazole rings is 1. The van der Waals surface area contributed by atoms with Crippen LogP contribution in [0.2, 0.25) is 0 Å². The van der Waals surface area contributed by atoms with Crippen molar-refractivity contribution in [3.8, 4) is 0 Å². The number of fused-ring (bicyclic) bond motifs is 2. The summed E-state index contributed by atoms with van der Waals surface area (Å²) in [6.07, 6.45) is -1.02. The fourth-order valence-corrected chi connectivity index (χ4v) is 6.35. The Hall–Kier alpha value is -1.58. The van der Waals surface area contributed by atoms with Gasteiger partial charge in [0.2, 0.25) is 0 Å². The third-order valence-electron chi connectivity index (χ3n) is 7.87. The maximum absolute atomic E-state index is 13.2. The minimum atomic E-state index is -1.26. The number of aliphatic hydroxyl groups is 2. The van der Waals surface area contributed by atoms with Crippen molar-refractivity contribution >= 4 is 44.9 Å². The average molecular weight is 538 g/mol. The second-order valence-electron chi connectivity index (χ2n) is 11.0. The van der Waals surface area contributed by atoms with Gasteiger partial charge in [0.25, 0.3) is 0 Å². The molecule has 198 valence electrons. The van der Waals surface area contributed by atoms with Gasteiger partial charge in [0.15, 0.2) is 5.06 Å². The molecule has 0 unspecified atom stereocenters. The van der Waals surface area contributed by atoms with Crippen molar-refractivity contribution in [2.45, 2.75) is 96.2 Å². The molecule has 4 rings (SSSR count). The molecule has 0 aliphatic carbocycles. The van der Waals surface area contributed by atoms with Crippen LogP contribution in [0.15, 0.2) is 18.2 Å². The van der Waals surface area contributed by atoms with Crippen molar-refractivity contribution in [2.75, 3.05) is 0 Å². The van der Waals surface area contributed by atoms with Gasteiger partial charge >= 0.3 is 5.97 Å². The lowest BCUT2D eigenvalue weighted by Crippen LogP contribution is -2.45. The van der Waals surface area contributed by atoms with E-state index in [0.29, 0.717) is 19.3 Å². The van der Waals surface area contributed by atoms with E-state index in [1.807, 2.05) is 32.0 Å². The molecule has 2 fully saturated rings. The first-order valence-electron chi connectivity index (χ1n) is 12.7. The number of hydrogen-bond donors (Lipinski definition) is 2. The zero-order valence-corrected chi connectivity index (χ0v) is 23.1. The molecule has 1 aromatic heterocycles. The van der Waals surface area contributed by atoms with Crippen LogP contribution in [0.25, 0.3) is 10.2 Å². The lowest BCUT2D eigenvalue weighted by Gasteiger charge is -2.34. The number of esters is 1. The zero-order chi connectivity index (χ0) is 26.4. The van der Waals surface area contributed by atoms with Crippen LogP contribution < -0.4 is 0 Å². The molecule has 0 amide bonds. The summed E-state index contributed by atoms with van der Waals surface area (Å²) in [5.41, 5.74) is 0.389. The molecule has 9 heteroatoms. The number of Topliss-reactive ketones (excluding diaryl/α,β-unsaturated/α-hetero) is 1. The summed E-state index contributed by atoms with van der Waals surface area (Å²) in [5, 5.41) is 21.8. The van der Waals surface area contributed by atoms with Gasteiger partial charge in [0.1, 0.15) is 18.0 Å². The summed E-state index contributed by atoms with van der Waals surface area (Å²) in [6, 6.07) is 5.81. The molecule has 7 atom stereocenters. The number of carbonyl (C=O) groups is 2. The molecular weight excluding hydrogens is 502 g/mol. The molecule has 0 radical (unpaired) electrons. The minimum absolute atomic E-state index is 0.131. The lowest BCUT2D eigenvalue weighted by molar-refractivity contribution is -0.156. The number of ether oxygens (including phenoxy) is 2. The van der Waals surface area contributed by atoms with E-state index in [0.717, 1.165) is 27.2 Å². The van der Waals surface area contributed by atoms with E-state index in [1.165, 1.54) is 0 Å². The van der Waals surface area contributed by atoms with Crippen molar-refractivity contribution < 1.29 is 29.3 Å². The fourth-order valence-electron chi connectivity index (χ4n) is 5.21. The summed E-state index contributed by atoms with van der Waals surface area (Å²) in [7, 11) is 0. The number of halogens is 1.